The maximum atomic E-state index is 4.94. The molecule has 0 bridgehead atoms. The highest BCUT2D eigenvalue weighted by molar-refractivity contribution is 5.86. The van der Waals surface area contributed by atoms with Gasteiger partial charge < -0.3 is 4.90 Å². The van der Waals surface area contributed by atoms with Gasteiger partial charge in [-0.15, -0.1) is 5.10 Å². The largest absolute Gasteiger partial charge is 0.310 e. The van der Waals surface area contributed by atoms with Crippen LogP contribution in [0.2, 0.25) is 0 Å². The van der Waals surface area contributed by atoms with E-state index in [9.17, 15) is 0 Å². The normalized spacial score (nSPS) is 13.5. The monoisotopic (exact) mass is 505 g/mol. The van der Waals surface area contributed by atoms with Gasteiger partial charge in [-0.2, -0.15) is 0 Å². The second kappa shape index (κ2) is 9.07. The Balaban J connectivity index is 1.32. The van der Waals surface area contributed by atoms with Crippen LogP contribution in [0.15, 0.2) is 128 Å². The summed E-state index contributed by atoms with van der Waals surface area (Å²) in [7, 11) is 0. The maximum absolute atomic E-state index is 4.94. The van der Waals surface area contributed by atoms with Crippen molar-refractivity contribution in [3.63, 3.8) is 0 Å². The summed E-state index contributed by atoms with van der Waals surface area (Å²) >= 11 is 0. The smallest absolute Gasteiger partial charge is 0.182 e. The average molecular weight is 506 g/mol. The van der Waals surface area contributed by atoms with Gasteiger partial charge in [0.2, 0.25) is 0 Å². The number of para-hydroxylation sites is 3. The molecule has 0 N–H and O–H groups in total. The Bertz CT molecular complexity index is 1660. The topological polar surface area (TPSA) is 46.8 Å². The van der Waals surface area contributed by atoms with Gasteiger partial charge in [-0.05, 0) is 71.8 Å². The summed E-state index contributed by atoms with van der Waals surface area (Å²) in [4.78, 5) is 11.8. The molecule has 3 heterocycles. The van der Waals surface area contributed by atoms with E-state index in [1.807, 2.05) is 53.2 Å². The molecular formula is C34H27N5. The average Bonchev–Trinajstić information content (AvgIpc) is 3.44. The first kappa shape index (κ1) is 23.1. The molecule has 2 aromatic heterocycles. The molecule has 0 saturated carbocycles. The molecule has 6 aromatic rings. The van der Waals surface area contributed by atoms with Gasteiger partial charge in [-0.25, -0.2) is 9.67 Å². The third-order valence-corrected chi connectivity index (χ3v) is 7.52. The van der Waals surface area contributed by atoms with Gasteiger partial charge in [0.15, 0.2) is 11.6 Å². The first-order chi connectivity index (χ1) is 19.1. The number of fused-ring (bicyclic) bond motifs is 2. The zero-order valence-corrected chi connectivity index (χ0v) is 21.9. The Morgan fingerprint density at radius 2 is 1.21 bits per heavy atom. The third kappa shape index (κ3) is 3.82. The van der Waals surface area contributed by atoms with Crippen LogP contribution in [0.1, 0.15) is 25.0 Å². The van der Waals surface area contributed by atoms with E-state index in [0.717, 1.165) is 22.6 Å². The van der Waals surface area contributed by atoms with Crippen molar-refractivity contribution in [2.24, 2.45) is 0 Å². The zero-order valence-electron chi connectivity index (χ0n) is 21.9. The molecule has 1 aliphatic rings. The van der Waals surface area contributed by atoms with E-state index in [4.69, 9.17) is 10.1 Å². The molecule has 7 rings (SSSR count). The van der Waals surface area contributed by atoms with E-state index < -0.39 is 0 Å². The summed E-state index contributed by atoms with van der Waals surface area (Å²) in [6, 6.07) is 41.8. The minimum Gasteiger partial charge on any atom is -0.310 e. The number of rotatable bonds is 4. The van der Waals surface area contributed by atoms with E-state index in [1.165, 1.54) is 22.5 Å². The first-order valence-electron chi connectivity index (χ1n) is 13.1. The molecule has 0 fully saturated rings. The summed E-state index contributed by atoms with van der Waals surface area (Å²) in [5, 5.41) is 4.91. The van der Waals surface area contributed by atoms with E-state index >= 15 is 0 Å². The van der Waals surface area contributed by atoms with Crippen LogP contribution in [0.4, 0.5) is 17.1 Å². The number of benzene rings is 4. The Kier molecular flexibility index (Phi) is 5.37. The van der Waals surface area contributed by atoms with E-state index in [2.05, 4.69) is 96.5 Å². The summed E-state index contributed by atoms with van der Waals surface area (Å²) in [5.74, 6) is 1.37. The minimum absolute atomic E-state index is 0.0836. The molecule has 0 spiro atoms. The van der Waals surface area contributed by atoms with Crippen molar-refractivity contribution in [3.8, 4) is 28.6 Å². The molecule has 0 radical (unpaired) electrons. The van der Waals surface area contributed by atoms with E-state index in [1.54, 1.807) is 6.20 Å². The highest BCUT2D eigenvalue weighted by atomic mass is 15.4. The number of anilines is 3. The second-order valence-corrected chi connectivity index (χ2v) is 10.3. The number of hydrogen-bond donors (Lipinski definition) is 0. The maximum Gasteiger partial charge on any atom is 0.182 e. The fourth-order valence-corrected chi connectivity index (χ4v) is 5.55. The van der Waals surface area contributed by atoms with Crippen molar-refractivity contribution in [3.05, 3.63) is 139 Å². The second-order valence-electron chi connectivity index (χ2n) is 10.3. The standard InChI is InChI=1S/C34H27N5/c1-34(2)27-14-6-8-17-30(27)38(31-18-9-7-15-28(31)34)25-21-19-24(20-22-25)32-36-33(29-16-10-11-23-35-29)39(37-32)26-12-4-3-5-13-26/h3-23H,1-2H3. The van der Waals surface area contributed by atoms with Gasteiger partial charge >= 0.3 is 0 Å². The lowest BCUT2D eigenvalue weighted by atomic mass is 9.73. The molecule has 1 aliphatic heterocycles. The summed E-state index contributed by atoms with van der Waals surface area (Å²) in [6.07, 6.45) is 1.78. The molecule has 5 nitrogen and oxygen atoms in total. The highest BCUT2D eigenvalue weighted by Gasteiger charge is 2.36. The summed E-state index contributed by atoms with van der Waals surface area (Å²) in [6.45, 7) is 4.61. The number of nitrogens with zero attached hydrogens (tertiary/aromatic N) is 5. The molecule has 0 saturated heterocycles. The Labute approximate surface area is 228 Å². The van der Waals surface area contributed by atoms with Crippen molar-refractivity contribution in [2.45, 2.75) is 19.3 Å². The fourth-order valence-electron chi connectivity index (χ4n) is 5.55. The zero-order chi connectivity index (χ0) is 26.4. The third-order valence-electron chi connectivity index (χ3n) is 7.52. The van der Waals surface area contributed by atoms with Crippen LogP contribution in [0.25, 0.3) is 28.6 Å². The Morgan fingerprint density at radius 1 is 0.590 bits per heavy atom. The molecule has 39 heavy (non-hydrogen) atoms. The Hall–Kier alpha value is -5.03. The van der Waals surface area contributed by atoms with E-state index in [0.29, 0.717) is 11.6 Å². The molecule has 0 unspecified atom stereocenters. The summed E-state index contributed by atoms with van der Waals surface area (Å²) < 4.78 is 1.87. The number of pyridine rings is 1. The molecule has 0 amide bonds. The van der Waals surface area contributed by atoms with Gasteiger partial charge in [0.25, 0.3) is 0 Å². The van der Waals surface area contributed by atoms with Crippen LogP contribution in [0, 0.1) is 0 Å². The van der Waals surface area contributed by atoms with Crippen LogP contribution >= 0.6 is 0 Å². The lowest BCUT2D eigenvalue weighted by Gasteiger charge is -2.42. The molecule has 0 atom stereocenters. The summed E-state index contributed by atoms with van der Waals surface area (Å²) in [5.41, 5.74) is 8.73. The number of aromatic nitrogens is 4. The lowest BCUT2D eigenvalue weighted by molar-refractivity contribution is 0.632. The quantitative estimate of drug-likeness (QED) is 0.243. The van der Waals surface area contributed by atoms with Crippen molar-refractivity contribution < 1.29 is 0 Å². The van der Waals surface area contributed by atoms with Crippen molar-refractivity contribution >= 4 is 17.1 Å². The van der Waals surface area contributed by atoms with Crippen LogP contribution in [-0.2, 0) is 5.41 Å². The SMILES string of the molecule is CC1(C)c2ccccc2N(c2ccc(-c3nc(-c4ccccn4)n(-c4ccccc4)n3)cc2)c2ccccc21. The van der Waals surface area contributed by atoms with Gasteiger partial charge in [0, 0.05) is 22.9 Å². The number of hydrogen-bond acceptors (Lipinski definition) is 4. The molecule has 188 valence electrons. The molecule has 0 aliphatic carbocycles. The molecule has 5 heteroatoms. The predicted molar refractivity (Wildman–Crippen MR) is 157 cm³/mol. The van der Waals surface area contributed by atoms with Crippen molar-refractivity contribution in [2.75, 3.05) is 4.90 Å². The molecule has 4 aromatic carbocycles. The fraction of sp³-hybridized carbons (Fsp3) is 0.0882. The van der Waals surface area contributed by atoms with E-state index in [-0.39, 0.29) is 5.41 Å². The predicted octanol–water partition coefficient (Wildman–Crippen LogP) is 8.11. The van der Waals surface area contributed by atoms with Gasteiger partial charge in [-0.1, -0.05) is 74.5 Å². The Morgan fingerprint density at radius 3 is 1.85 bits per heavy atom. The van der Waals surface area contributed by atoms with Gasteiger partial charge in [0.05, 0.1) is 17.1 Å². The van der Waals surface area contributed by atoms with Crippen LogP contribution in [0.5, 0.6) is 0 Å². The van der Waals surface area contributed by atoms with Crippen molar-refractivity contribution in [1.29, 1.82) is 0 Å². The lowest BCUT2D eigenvalue weighted by Crippen LogP contribution is -2.30. The van der Waals surface area contributed by atoms with Crippen LogP contribution in [0.3, 0.4) is 0 Å². The van der Waals surface area contributed by atoms with Gasteiger partial charge in [-0.3, -0.25) is 4.98 Å². The van der Waals surface area contributed by atoms with Crippen LogP contribution < -0.4 is 4.90 Å². The first-order valence-corrected chi connectivity index (χ1v) is 13.1. The van der Waals surface area contributed by atoms with Crippen LogP contribution in [-0.4, -0.2) is 19.7 Å². The van der Waals surface area contributed by atoms with Gasteiger partial charge in [0.1, 0.15) is 5.69 Å². The van der Waals surface area contributed by atoms with Crippen molar-refractivity contribution in [1.82, 2.24) is 19.7 Å². The highest BCUT2D eigenvalue weighted by Crippen LogP contribution is 2.51. The molecular weight excluding hydrogens is 478 g/mol. The minimum atomic E-state index is -0.0836.